The van der Waals surface area contributed by atoms with E-state index >= 15 is 0 Å². The first-order chi connectivity index (χ1) is 16.8. The van der Waals surface area contributed by atoms with Crippen molar-refractivity contribution in [2.24, 2.45) is 0 Å². The summed E-state index contributed by atoms with van der Waals surface area (Å²) in [6.45, 7) is 3.02. The van der Waals surface area contributed by atoms with E-state index in [9.17, 15) is 0 Å². The van der Waals surface area contributed by atoms with Gasteiger partial charge in [-0.2, -0.15) is 0 Å². The van der Waals surface area contributed by atoms with Crippen LogP contribution in [0.1, 0.15) is 79.4 Å². The highest BCUT2D eigenvalue weighted by Crippen LogP contribution is 2.42. The second-order valence-electron chi connectivity index (χ2n) is 10.4. The Kier molecular flexibility index (Phi) is 6.61. The predicted octanol–water partition coefficient (Wildman–Crippen LogP) is 6.51. The van der Waals surface area contributed by atoms with E-state index in [1.165, 1.54) is 61.6 Å². The van der Waals surface area contributed by atoms with E-state index in [-0.39, 0.29) is 0 Å². The molecule has 180 valence electrons. The van der Waals surface area contributed by atoms with E-state index in [0.717, 1.165) is 24.7 Å². The topological polar surface area (TPSA) is 43.5 Å². The molecule has 0 spiro atoms. The number of ether oxygens (including phenoxy) is 4. The fraction of sp³-hybridized carbons (Fsp3) is 0.533. The van der Waals surface area contributed by atoms with Crippen molar-refractivity contribution in [1.82, 2.24) is 0 Å². The molecule has 0 amide bonds. The average Bonchev–Trinajstić information content (AvgIpc) is 3.83. The zero-order chi connectivity index (χ0) is 22.7. The second kappa shape index (κ2) is 10.1. The van der Waals surface area contributed by atoms with Gasteiger partial charge < -0.3 is 18.9 Å². The number of rotatable bonds is 9. The molecule has 2 aliphatic heterocycles. The van der Waals surface area contributed by atoms with Gasteiger partial charge >= 0.3 is 0 Å². The first-order valence-corrected chi connectivity index (χ1v) is 13.2. The van der Waals surface area contributed by atoms with Crippen molar-refractivity contribution < 1.29 is 18.9 Å². The molecule has 1 saturated carbocycles. The smallest absolute Gasteiger partial charge is 0.122 e. The maximum atomic E-state index is 6.21. The van der Waals surface area contributed by atoms with Gasteiger partial charge in [-0.1, -0.05) is 55.7 Å². The Labute approximate surface area is 203 Å². The van der Waals surface area contributed by atoms with Gasteiger partial charge in [0.1, 0.15) is 36.9 Å². The van der Waals surface area contributed by atoms with E-state index in [4.69, 9.17) is 18.9 Å². The molecule has 0 radical (unpaired) electrons. The molecule has 3 fully saturated rings. The Hall–Kier alpha value is -2.30. The molecule has 2 aliphatic carbocycles. The first kappa shape index (κ1) is 22.2. The van der Waals surface area contributed by atoms with Crippen LogP contribution in [0.4, 0.5) is 0 Å². The van der Waals surface area contributed by atoms with Crippen LogP contribution in [0.3, 0.4) is 0 Å². The third-order valence-electron chi connectivity index (χ3n) is 7.85. The molecule has 0 bridgehead atoms. The highest BCUT2D eigenvalue weighted by atomic mass is 16.6. The molecule has 4 atom stereocenters. The molecule has 0 N–H and O–H groups in total. The molecule has 2 heterocycles. The molecule has 2 saturated heterocycles. The van der Waals surface area contributed by atoms with Crippen molar-refractivity contribution in [3.8, 4) is 11.5 Å². The highest BCUT2D eigenvalue weighted by Gasteiger charge is 2.27. The third-order valence-corrected chi connectivity index (χ3v) is 7.85. The minimum absolute atomic E-state index is 0.296. The van der Waals surface area contributed by atoms with E-state index in [1.54, 1.807) is 0 Å². The average molecular weight is 461 g/mol. The van der Waals surface area contributed by atoms with Crippen LogP contribution in [-0.4, -0.2) is 38.6 Å². The molecule has 2 aromatic carbocycles. The lowest BCUT2D eigenvalue weighted by Gasteiger charge is -2.27. The van der Waals surface area contributed by atoms with Crippen LogP contribution in [0.2, 0.25) is 0 Å². The fourth-order valence-electron chi connectivity index (χ4n) is 5.55. The lowest BCUT2D eigenvalue weighted by molar-refractivity contribution is 0.258. The number of epoxide rings is 2. The summed E-state index contributed by atoms with van der Waals surface area (Å²) >= 11 is 0. The van der Waals surface area contributed by atoms with Gasteiger partial charge in [-0.3, -0.25) is 0 Å². The number of hydrogen-bond donors (Lipinski definition) is 0. The summed E-state index contributed by atoms with van der Waals surface area (Å²) in [6.07, 6.45) is 14.4. The molecular weight excluding hydrogens is 424 g/mol. The maximum absolute atomic E-state index is 6.21. The largest absolute Gasteiger partial charge is 0.491 e. The zero-order valence-electron chi connectivity index (χ0n) is 20.0. The van der Waals surface area contributed by atoms with Crippen LogP contribution < -0.4 is 9.47 Å². The van der Waals surface area contributed by atoms with Gasteiger partial charge in [-0.25, -0.2) is 0 Å². The van der Waals surface area contributed by atoms with Gasteiger partial charge in [0.05, 0.1) is 13.2 Å². The molecule has 2 aromatic rings. The van der Waals surface area contributed by atoms with Gasteiger partial charge in [0.2, 0.25) is 0 Å². The summed E-state index contributed by atoms with van der Waals surface area (Å²) in [5.41, 5.74) is 4.25. The number of benzene rings is 2. The molecule has 0 aromatic heterocycles. The Balaban J connectivity index is 1.13. The van der Waals surface area contributed by atoms with Crippen molar-refractivity contribution in [2.75, 3.05) is 26.4 Å². The molecule has 4 unspecified atom stereocenters. The standard InChI is InChI=1S/C30H36O4/c1-2-4-24(5-3-1)29-16-25(12-15-30(29)34-20-28-19-33-28)23-8-6-21(7-9-23)22-10-13-26(14-11-22)31-17-27-18-32-27/h6,8,10-16,21,23-24,27-28H,1-5,7,9,17-20H2. The van der Waals surface area contributed by atoms with Gasteiger partial charge in [-0.05, 0) is 66.5 Å². The lowest BCUT2D eigenvalue weighted by Crippen LogP contribution is -2.12. The van der Waals surface area contributed by atoms with Gasteiger partial charge in [-0.15, -0.1) is 0 Å². The van der Waals surface area contributed by atoms with Crippen molar-refractivity contribution >= 4 is 0 Å². The highest BCUT2D eigenvalue weighted by molar-refractivity contribution is 5.43. The second-order valence-corrected chi connectivity index (χ2v) is 10.4. The Morgan fingerprint density at radius 2 is 1.29 bits per heavy atom. The zero-order valence-corrected chi connectivity index (χ0v) is 20.0. The van der Waals surface area contributed by atoms with Crippen LogP contribution in [0.25, 0.3) is 0 Å². The van der Waals surface area contributed by atoms with Crippen LogP contribution in [0.15, 0.2) is 54.6 Å². The van der Waals surface area contributed by atoms with Crippen LogP contribution in [0.5, 0.6) is 11.5 Å². The van der Waals surface area contributed by atoms with E-state index in [1.807, 2.05) is 0 Å². The normalized spacial score (nSPS) is 28.5. The van der Waals surface area contributed by atoms with E-state index in [2.05, 4.69) is 54.6 Å². The van der Waals surface area contributed by atoms with Gasteiger partial charge in [0, 0.05) is 11.8 Å². The molecule has 34 heavy (non-hydrogen) atoms. The quantitative estimate of drug-likeness (QED) is 0.316. The van der Waals surface area contributed by atoms with Crippen molar-refractivity contribution in [1.29, 1.82) is 0 Å². The predicted molar refractivity (Wildman–Crippen MR) is 133 cm³/mol. The summed E-state index contributed by atoms with van der Waals surface area (Å²) in [5, 5.41) is 0. The minimum atomic E-state index is 0.296. The number of hydrogen-bond acceptors (Lipinski definition) is 4. The Bertz CT molecular complexity index is 983. The molecule has 6 rings (SSSR count). The van der Waals surface area contributed by atoms with Crippen LogP contribution in [-0.2, 0) is 9.47 Å². The fourth-order valence-corrected chi connectivity index (χ4v) is 5.55. The summed E-state index contributed by atoms with van der Waals surface area (Å²) in [4.78, 5) is 0. The van der Waals surface area contributed by atoms with Gasteiger partial charge in [0.15, 0.2) is 0 Å². The molecule has 4 aliphatic rings. The van der Waals surface area contributed by atoms with E-state index in [0.29, 0.717) is 43.2 Å². The lowest BCUT2D eigenvalue weighted by atomic mass is 9.79. The Morgan fingerprint density at radius 1 is 0.676 bits per heavy atom. The SMILES string of the molecule is C1=CC(c2ccc(OCC3CO3)c(C3CCCCC3)c2)CCC1c1ccc(OCC2CO2)cc1. The summed E-state index contributed by atoms with van der Waals surface area (Å²) < 4.78 is 22.6. The maximum Gasteiger partial charge on any atom is 0.122 e. The Morgan fingerprint density at radius 3 is 1.94 bits per heavy atom. The van der Waals surface area contributed by atoms with E-state index < -0.39 is 0 Å². The van der Waals surface area contributed by atoms with Crippen LogP contribution in [0, 0.1) is 0 Å². The monoisotopic (exact) mass is 460 g/mol. The summed E-state index contributed by atoms with van der Waals surface area (Å²) in [5.74, 6) is 3.62. The number of allylic oxidation sites excluding steroid dienone is 2. The molecule has 4 heteroatoms. The van der Waals surface area contributed by atoms with Gasteiger partial charge in [0.25, 0.3) is 0 Å². The van der Waals surface area contributed by atoms with Crippen LogP contribution >= 0.6 is 0 Å². The minimum Gasteiger partial charge on any atom is -0.491 e. The third kappa shape index (κ3) is 5.50. The molecular formula is C30H36O4. The molecule has 4 nitrogen and oxygen atoms in total. The summed E-state index contributed by atoms with van der Waals surface area (Å²) in [7, 11) is 0. The summed E-state index contributed by atoms with van der Waals surface area (Å²) in [6, 6.07) is 15.6. The first-order valence-electron chi connectivity index (χ1n) is 13.2. The van der Waals surface area contributed by atoms with Crippen molar-refractivity contribution in [2.45, 2.75) is 74.9 Å². The van der Waals surface area contributed by atoms with Crippen molar-refractivity contribution in [3.63, 3.8) is 0 Å². The van der Waals surface area contributed by atoms with Crippen molar-refractivity contribution in [3.05, 3.63) is 71.3 Å².